The molecular formula is C37H34F2Hf. The Morgan fingerprint density at radius 2 is 1.00 bits per heavy atom. The summed E-state index contributed by atoms with van der Waals surface area (Å²) < 4.78 is 35.6. The molecule has 0 saturated heterocycles. The molecule has 2 atom stereocenters. The zero-order valence-corrected chi connectivity index (χ0v) is 26.7. The standard InChI is InChI=1S/2C15H10F.C5H8.2CH3.Hf/c2*16-13-9-7-12(8-10-13)15-6-2-4-11-3-1-5-14(11)15;1-2-4-5-3-1;;;/h2*1-10H;1-4H2;2*1H3;. The van der Waals surface area contributed by atoms with Gasteiger partial charge in [0.25, 0.3) is 0 Å². The molecule has 40 heavy (non-hydrogen) atoms. The van der Waals surface area contributed by atoms with Gasteiger partial charge in [-0.1, -0.05) is 0 Å². The van der Waals surface area contributed by atoms with Gasteiger partial charge in [-0.2, -0.15) is 0 Å². The van der Waals surface area contributed by atoms with E-state index >= 15 is 0 Å². The summed E-state index contributed by atoms with van der Waals surface area (Å²) in [7, 11) is 0. The molecule has 0 spiro atoms. The molecule has 1 fully saturated rings. The summed E-state index contributed by atoms with van der Waals surface area (Å²) in [5.74, 6) is -0.406. The fourth-order valence-electron chi connectivity index (χ4n) is 8.21. The van der Waals surface area contributed by atoms with Crippen LogP contribution < -0.4 is 0 Å². The summed E-state index contributed by atoms with van der Waals surface area (Å²) in [5.41, 5.74) is 9.99. The van der Waals surface area contributed by atoms with Crippen LogP contribution in [-0.4, -0.2) is 3.26 Å². The third-order valence-corrected chi connectivity index (χ3v) is 37.6. The van der Waals surface area contributed by atoms with Gasteiger partial charge < -0.3 is 0 Å². The summed E-state index contributed by atoms with van der Waals surface area (Å²) in [6, 6.07) is 27.3. The Morgan fingerprint density at radius 1 is 0.575 bits per heavy atom. The van der Waals surface area contributed by atoms with Crippen molar-refractivity contribution in [3.05, 3.63) is 131 Å². The molecule has 3 heteroatoms. The Bertz CT molecular complexity index is 1640. The number of hydrogen-bond acceptors (Lipinski definition) is 0. The first-order valence-corrected chi connectivity index (χ1v) is 27.7. The topological polar surface area (TPSA) is 0 Å². The van der Waals surface area contributed by atoms with Crippen LogP contribution >= 0.6 is 0 Å². The Hall–Kier alpha value is -3.04. The average Bonchev–Trinajstić information content (AvgIpc) is 3.74. The van der Waals surface area contributed by atoms with Crippen molar-refractivity contribution in [3.63, 3.8) is 0 Å². The van der Waals surface area contributed by atoms with Gasteiger partial charge in [0.05, 0.1) is 0 Å². The van der Waals surface area contributed by atoms with E-state index in [0.717, 1.165) is 11.1 Å². The van der Waals surface area contributed by atoms with E-state index in [2.05, 4.69) is 70.1 Å². The molecule has 2 unspecified atom stereocenters. The van der Waals surface area contributed by atoms with E-state index in [1.165, 1.54) is 59.1 Å². The summed E-state index contributed by atoms with van der Waals surface area (Å²) in [6.45, 7) is 0. The van der Waals surface area contributed by atoms with E-state index in [0.29, 0.717) is 7.35 Å². The molecule has 0 radical (unpaired) electrons. The van der Waals surface area contributed by atoms with Crippen LogP contribution in [0.4, 0.5) is 8.78 Å². The predicted octanol–water partition coefficient (Wildman–Crippen LogP) is 10.7. The van der Waals surface area contributed by atoms with Crippen LogP contribution in [0.1, 0.15) is 55.3 Å². The van der Waals surface area contributed by atoms with Gasteiger partial charge >= 0.3 is 238 Å². The Morgan fingerprint density at radius 3 is 1.43 bits per heavy atom. The first kappa shape index (κ1) is 25.9. The van der Waals surface area contributed by atoms with Crippen molar-refractivity contribution in [2.75, 3.05) is 0 Å². The minimum atomic E-state index is -3.99. The summed E-state index contributed by atoms with van der Waals surface area (Å²) in [6.07, 6.45) is 14.8. The van der Waals surface area contributed by atoms with Gasteiger partial charge in [-0.15, -0.1) is 0 Å². The van der Waals surface area contributed by atoms with Crippen LogP contribution in [0.5, 0.6) is 0 Å². The molecule has 3 aliphatic rings. The Balaban J connectivity index is 1.41. The molecule has 0 aliphatic heterocycles. The molecule has 0 aromatic heterocycles. The minimum absolute atomic E-state index is 0.203. The second kappa shape index (κ2) is 9.52. The maximum atomic E-state index is 13.7. The number of rotatable bonds is 4. The van der Waals surface area contributed by atoms with Gasteiger partial charge in [-0.25, -0.2) is 0 Å². The molecule has 1 saturated carbocycles. The van der Waals surface area contributed by atoms with Crippen molar-refractivity contribution in [3.8, 4) is 22.3 Å². The Labute approximate surface area is 236 Å². The SMILES string of the molecule is [CH3][Hf]([CH3])(=[C]1CCCC1)([CH]1C=Cc2c(-c3ccc(F)cc3)cccc21)[CH]1C=Cc2c(-c3ccc(F)cc3)cccc21. The van der Waals surface area contributed by atoms with Gasteiger partial charge in [-0.3, -0.25) is 0 Å². The van der Waals surface area contributed by atoms with Gasteiger partial charge in [0.1, 0.15) is 0 Å². The average molecular weight is 695 g/mol. The third-order valence-electron chi connectivity index (χ3n) is 10.4. The normalized spacial score (nSPS) is 19.8. The fraction of sp³-hybridized carbons (Fsp3) is 0.216. The molecule has 0 nitrogen and oxygen atoms in total. The molecule has 3 aliphatic carbocycles. The van der Waals surface area contributed by atoms with Crippen molar-refractivity contribution in [2.45, 2.75) is 42.4 Å². The van der Waals surface area contributed by atoms with Crippen molar-refractivity contribution >= 4 is 15.4 Å². The van der Waals surface area contributed by atoms with Crippen molar-refractivity contribution < 1.29 is 26.8 Å². The van der Waals surface area contributed by atoms with Crippen molar-refractivity contribution in [1.29, 1.82) is 0 Å². The van der Waals surface area contributed by atoms with Gasteiger partial charge in [0, 0.05) is 0 Å². The summed E-state index contributed by atoms with van der Waals surface area (Å²) >= 11 is -3.99. The van der Waals surface area contributed by atoms with E-state index in [9.17, 15) is 8.78 Å². The van der Waals surface area contributed by atoms with Crippen LogP contribution in [0.15, 0.2) is 97.1 Å². The Kier molecular flexibility index (Phi) is 6.16. The predicted molar refractivity (Wildman–Crippen MR) is 162 cm³/mol. The molecule has 4 aromatic rings. The first-order chi connectivity index (χ1) is 19.3. The number of halogens is 2. The zero-order chi connectivity index (χ0) is 27.5. The molecular weight excluding hydrogens is 661 g/mol. The van der Waals surface area contributed by atoms with Crippen LogP contribution in [0, 0.1) is 11.6 Å². The number of benzene rings is 4. The quantitative estimate of drug-likeness (QED) is 0.187. The second-order valence-electron chi connectivity index (χ2n) is 12.7. The fourth-order valence-corrected chi connectivity index (χ4v) is 33.3. The molecule has 0 amide bonds. The molecule has 0 bridgehead atoms. The van der Waals surface area contributed by atoms with Crippen LogP contribution in [-0.2, 0) is 18.0 Å². The summed E-state index contributed by atoms with van der Waals surface area (Å²) in [5, 5.41) is 0. The van der Waals surface area contributed by atoms with E-state index < -0.39 is 18.0 Å². The zero-order valence-electron chi connectivity index (χ0n) is 23.1. The van der Waals surface area contributed by atoms with Gasteiger partial charge in [-0.05, 0) is 0 Å². The van der Waals surface area contributed by atoms with Crippen molar-refractivity contribution in [1.82, 2.24) is 0 Å². The monoisotopic (exact) mass is 696 g/mol. The van der Waals surface area contributed by atoms with Crippen LogP contribution in [0.3, 0.4) is 0 Å². The second-order valence-corrected chi connectivity index (χ2v) is 38.5. The molecule has 200 valence electrons. The van der Waals surface area contributed by atoms with Gasteiger partial charge in [0.2, 0.25) is 0 Å². The number of fused-ring (bicyclic) bond motifs is 2. The van der Waals surface area contributed by atoms with E-state index in [-0.39, 0.29) is 11.6 Å². The molecule has 7 rings (SSSR count). The van der Waals surface area contributed by atoms with Crippen molar-refractivity contribution in [2.24, 2.45) is 0 Å². The summed E-state index contributed by atoms with van der Waals surface area (Å²) in [4.78, 5) is 0. The van der Waals surface area contributed by atoms with Gasteiger partial charge in [0.15, 0.2) is 0 Å². The molecule has 0 heterocycles. The van der Waals surface area contributed by atoms with E-state index in [4.69, 9.17) is 0 Å². The van der Waals surface area contributed by atoms with Crippen LogP contribution in [0.25, 0.3) is 34.4 Å². The van der Waals surface area contributed by atoms with Crippen LogP contribution in [0.2, 0.25) is 9.36 Å². The molecule has 0 N–H and O–H groups in total. The van der Waals surface area contributed by atoms with E-state index in [1.54, 1.807) is 24.3 Å². The van der Waals surface area contributed by atoms with E-state index in [1.807, 2.05) is 27.5 Å². The molecule has 4 aromatic carbocycles. The third kappa shape index (κ3) is 3.88. The maximum absolute atomic E-state index is 13.7. The number of allylic oxidation sites excluding steroid dienone is 2. The first-order valence-electron chi connectivity index (χ1n) is 14.5. The number of hydrogen-bond donors (Lipinski definition) is 0.